The molecule has 2 aromatic rings. The van der Waals surface area contributed by atoms with Crippen molar-refractivity contribution >= 4 is 11.8 Å². The van der Waals surface area contributed by atoms with Crippen molar-refractivity contribution in [2.24, 2.45) is 0 Å². The SMILES string of the molecule is COc1cc(OC)cc(C(O)CSc2cccc(F)c2)c1. The van der Waals surface area contributed by atoms with E-state index in [1.54, 1.807) is 38.5 Å². The summed E-state index contributed by atoms with van der Waals surface area (Å²) in [4.78, 5) is 0.781. The average molecular weight is 308 g/mol. The third-order valence-corrected chi connectivity index (χ3v) is 4.03. The summed E-state index contributed by atoms with van der Waals surface area (Å²) in [5, 5.41) is 10.3. The number of benzene rings is 2. The minimum absolute atomic E-state index is 0.280. The Morgan fingerprint density at radius 1 is 1.10 bits per heavy atom. The molecule has 112 valence electrons. The van der Waals surface area contributed by atoms with Gasteiger partial charge in [-0.15, -0.1) is 11.8 Å². The molecule has 0 bridgehead atoms. The maximum atomic E-state index is 13.1. The van der Waals surface area contributed by atoms with Gasteiger partial charge >= 0.3 is 0 Å². The minimum atomic E-state index is -0.692. The van der Waals surface area contributed by atoms with Gasteiger partial charge in [-0.2, -0.15) is 0 Å². The molecule has 21 heavy (non-hydrogen) atoms. The molecule has 0 aliphatic heterocycles. The van der Waals surface area contributed by atoms with Crippen molar-refractivity contribution in [1.82, 2.24) is 0 Å². The largest absolute Gasteiger partial charge is 0.497 e. The Morgan fingerprint density at radius 2 is 1.76 bits per heavy atom. The Morgan fingerprint density at radius 3 is 2.33 bits per heavy atom. The maximum Gasteiger partial charge on any atom is 0.124 e. The molecule has 1 unspecified atom stereocenters. The number of ether oxygens (including phenoxy) is 2. The van der Waals surface area contributed by atoms with E-state index in [1.807, 2.05) is 6.07 Å². The van der Waals surface area contributed by atoms with E-state index in [-0.39, 0.29) is 5.82 Å². The highest BCUT2D eigenvalue weighted by atomic mass is 32.2. The van der Waals surface area contributed by atoms with E-state index >= 15 is 0 Å². The molecule has 3 nitrogen and oxygen atoms in total. The highest BCUT2D eigenvalue weighted by Gasteiger charge is 2.12. The Labute approximate surface area is 127 Å². The first-order valence-corrected chi connectivity index (χ1v) is 7.40. The normalized spacial score (nSPS) is 12.0. The van der Waals surface area contributed by atoms with Crippen LogP contribution in [0, 0.1) is 5.82 Å². The molecule has 0 aliphatic rings. The van der Waals surface area contributed by atoms with Crippen LogP contribution in [0.25, 0.3) is 0 Å². The molecule has 0 fully saturated rings. The second-order valence-corrected chi connectivity index (χ2v) is 5.52. The number of halogens is 1. The molecule has 0 radical (unpaired) electrons. The van der Waals surface area contributed by atoms with Gasteiger partial charge in [0.1, 0.15) is 17.3 Å². The van der Waals surface area contributed by atoms with Crippen LogP contribution >= 0.6 is 11.8 Å². The number of hydrogen-bond donors (Lipinski definition) is 1. The Bertz CT molecular complexity index is 582. The molecule has 0 aliphatic carbocycles. The molecule has 2 aromatic carbocycles. The second kappa shape index (κ2) is 7.33. The first-order chi connectivity index (χ1) is 10.1. The van der Waals surface area contributed by atoms with Crippen molar-refractivity contribution in [2.45, 2.75) is 11.0 Å². The second-order valence-electron chi connectivity index (χ2n) is 4.43. The molecule has 5 heteroatoms. The lowest BCUT2D eigenvalue weighted by molar-refractivity contribution is 0.203. The lowest BCUT2D eigenvalue weighted by Gasteiger charge is -2.13. The fraction of sp³-hybridized carbons (Fsp3) is 0.250. The van der Waals surface area contributed by atoms with Crippen molar-refractivity contribution < 1.29 is 19.0 Å². The number of aliphatic hydroxyl groups is 1. The molecule has 2 rings (SSSR count). The van der Waals surface area contributed by atoms with E-state index in [2.05, 4.69) is 0 Å². The van der Waals surface area contributed by atoms with Crippen LogP contribution in [0.4, 0.5) is 4.39 Å². The van der Waals surface area contributed by atoms with Crippen molar-refractivity contribution in [3.63, 3.8) is 0 Å². The smallest absolute Gasteiger partial charge is 0.124 e. The molecular formula is C16H17FO3S. The van der Waals surface area contributed by atoms with Gasteiger partial charge in [-0.1, -0.05) is 6.07 Å². The Hall–Kier alpha value is -1.72. The molecule has 1 N–H and O–H groups in total. The predicted molar refractivity (Wildman–Crippen MR) is 81.6 cm³/mol. The van der Waals surface area contributed by atoms with Crippen LogP contribution in [-0.4, -0.2) is 25.1 Å². The van der Waals surface area contributed by atoms with Crippen molar-refractivity contribution in [2.75, 3.05) is 20.0 Å². The van der Waals surface area contributed by atoms with Gasteiger partial charge in [0.2, 0.25) is 0 Å². The fourth-order valence-electron chi connectivity index (χ4n) is 1.85. The molecule has 1 atom stereocenters. The fourth-order valence-corrected chi connectivity index (χ4v) is 2.76. The standard InChI is InChI=1S/C16H17FO3S/c1-19-13-6-11(7-14(9-13)20-2)16(18)10-21-15-5-3-4-12(17)8-15/h3-9,16,18H,10H2,1-2H3. The van der Waals surface area contributed by atoms with E-state index in [0.29, 0.717) is 22.8 Å². The summed E-state index contributed by atoms with van der Waals surface area (Å²) in [6.07, 6.45) is -0.692. The zero-order chi connectivity index (χ0) is 15.2. The van der Waals surface area contributed by atoms with Gasteiger partial charge in [0.15, 0.2) is 0 Å². The van der Waals surface area contributed by atoms with Crippen LogP contribution in [0.5, 0.6) is 11.5 Å². The van der Waals surface area contributed by atoms with Crippen LogP contribution in [-0.2, 0) is 0 Å². The van der Waals surface area contributed by atoms with E-state index < -0.39 is 6.10 Å². The third-order valence-electron chi connectivity index (χ3n) is 2.96. The van der Waals surface area contributed by atoms with Crippen LogP contribution in [0.15, 0.2) is 47.4 Å². The van der Waals surface area contributed by atoms with Gasteiger partial charge in [0, 0.05) is 16.7 Å². The summed E-state index contributed by atoms with van der Waals surface area (Å²) in [5.41, 5.74) is 0.704. The number of methoxy groups -OCH3 is 2. The zero-order valence-corrected chi connectivity index (χ0v) is 12.7. The van der Waals surface area contributed by atoms with E-state index in [4.69, 9.17) is 9.47 Å². The first kappa shape index (κ1) is 15.7. The van der Waals surface area contributed by atoms with Crippen molar-refractivity contribution in [1.29, 1.82) is 0 Å². The molecule has 0 saturated carbocycles. The first-order valence-electron chi connectivity index (χ1n) is 6.42. The highest BCUT2D eigenvalue weighted by molar-refractivity contribution is 7.99. The monoisotopic (exact) mass is 308 g/mol. The maximum absolute atomic E-state index is 13.1. The number of rotatable bonds is 6. The van der Waals surface area contributed by atoms with Crippen LogP contribution in [0.2, 0.25) is 0 Å². The molecule has 0 amide bonds. The molecule has 0 saturated heterocycles. The van der Waals surface area contributed by atoms with Gasteiger partial charge in [0.25, 0.3) is 0 Å². The average Bonchev–Trinajstić information content (AvgIpc) is 2.52. The summed E-state index contributed by atoms with van der Waals surface area (Å²) in [6, 6.07) is 11.6. The Balaban J connectivity index is 2.07. The lowest BCUT2D eigenvalue weighted by Crippen LogP contribution is -2.02. The number of hydrogen-bond acceptors (Lipinski definition) is 4. The van der Waals surface area contributed by atoms with E-state index in [1.165, 1.54) is 23.9 Å². The topological polar surface area (TPSA) is 38.7 Å². The summed E-state index contributed by atoms with van der Waals surface area (Å²) < 4.78 is 23.5. The van der Waals surface area contributed by atoms with Gasteiger partial charge in [-0.3, -0.25) is 0 Å². The van der Waals surface area contributed by atoms with Crippen LogP contribution in [0.1, 0.15) is 11.7 Å². The third kappa shape index (κ3) is 4.37. The molecule has 0 spiro atoms. The highest BCUT2D eigenvalue weighted by Crippen LogP contribution is 2.30. The minimum Gasteiger partial charge on any atom is -0.497 e. The predicted octanol–water partition coefficient (Wildman–Crippen LogP) is 3.67. The van der Waals surface area contributed by atoms with Crippen molar-refractivity contribution in [3.8, 4) is 11.5 Å². The number of aliphatic hydroxyl groups excluding tert-OH is 1. The van der Waals surface area contributed by atoms with Gasteiger partial charge < -0.3 is 14.6 Å². The molecule has 0 aromatic heterocycles. The van der Waals surface area contributed by atoms with E-state index in [9.17, 15) is 9.50 Å². The zero-order valence-electron chi connectivity index (χ0n) is 11.9. The summed E-state index contributed by atoms with van der Waals surface area (Å²) in [6.45, 7) is 0. The van der Waals surface area contributed by atoms with Gasteiger partial charge in [-0.05, 0) is 35.9 Å². The summed E-state index contributed by atoms with van der Waals surface area (Å²) in [5.74, 6) is 1.38. The van der Waals surface area contributed by atoms with Gasteiger partial charge in [-0.25, -0.2) is 4.39 Å². The van der Waals surface area contributed by atoms with E-state index in [0.717, 1.165) is 4.90 Å². The number of thioether (sulfide) groups is 1. The molecular weight excluding hydrogens is 291 g/mol. The quantitative estimate of drug-likeness (QED) is 0.827. The summed E-state index contributed by atoms with van der Waals surface area (Å²) in [7, 11) is 3.12. The lowest BCUT2D eigenvalue weighted by atomic mass is 10.1. The molecule has 0 heterocycles. The Kier molecular flexibility index (Phi) is 5.47. The van der Waals surface area contributed by atoms with Gasteiger partial charge in [0.05, 0.1) is 20.3 Å². The van der Waals surface area contributed by atoms with Crippen LogP contribution in [0.3, 0.4) is 0 Å². The summed E-state index contributed by atoms with van der Waals surface area (Å²) >= 11 is 1.39. The van der Waals surface area contributed by atoms with Crippen LogP contribution < -0.4 is 9.47 Å². The van der Waals surface area contributed by atoms with Crippen molar-refractivity contribution in [3.05, 3.63) is 53.8 Å².